The van der Waals surface area contributed by atoms with Gasteiger partial charge < -0.3 is 19.7 Å². The molecule has 8 heteroatoms. The summed E-state index contributed by atoms with van der Waals surface area (Å²) in [5, 5.41) is 2.69. The monoisotopic (exact) mass is 390 g/mol. The number of carbonyl (C=O) groups excluding carboxylic acids is 2. The first-order chi connectivity index (χ1) is 13.4. The average molecular weight is 390 g/mol. The minimum atomic E-state index is -2.97. The van der Waals surface area contributed by atoms with Gasteiger partial charge in [-0.25, -0.2) is 0 Å². The van der Waals surface area contributed by atoms with Crippen LogP contribution in [-0.2, 0) is 9.59 Å². The minimum Gasteiger partial charge on any atom is -0.493 e. The Morgan fingerprint density at radius 2 is 1.86 bits per heavy atom. The summed E-state index contributed by atoms with van der Waals surface area (Å²) in [6.07, 6.45) is 2.76. The number of nitrogens with one attached hydrogen (secondary N) is 1. The standard InChI is InChI=1S/C20H20F2N2O4/c1-24(13-18(25)23-15-6-4-3-5-7-15)19(26)11-9-14-8-10-16(28-20(21)22)17(12-14)27-2/h3-12,20H,13H2,1-2H3,(H,23,25)/b11-9+. The van der Waals surface area contributed by atoms with Gasteiger partial charge in [-0.3, -0.25) is 9.59 Å². The maximum atomic E-state index is 12.3. The van der Waals surface area contributed by atoms with Crippen molar-refractivity contribution >= 4 is 23.6 Å². The highest BCUT2D eigenvalue weighted by Crippen LogP contribution is 2.29. The molecule has 2 amide bonds. The van der Waals surface area contributed by atoms with E-state index in [1.807, 2.05) is 6.07 Å². The first kappa shape index (κ1) is 20.9. The number of alkyl halides is 2. The normalized spacial score (nSPS) is 10.8. The Bertz CT molecular complexity index is 841. The molecule has 2 aromatic rings. The fourth-order valence-corrected chi connectivity index (χ4v) is 2.29. The lowest BCUT2D eigenvalue weighted by Gasteiger charge is -2.15. The van der Waals surface area contributed by atoms with Crippen molar-refractivity contribution in [3.63, 3.8) is 0 Å². The van der Waals surface area contributed by atoms with Crippen molar-refractivity contribution in [3.05, 3.63) is 60.2 Å². The van der Waals surface area contributed by atoms with Crippen molar-refractivity contribution in [2.45, 2.75) is 6.61 Å². The number of carbonyl (C=O) groups is 2. The van der Waals surface area contributed by atoms with Crippen LogP contribution in [0.1, 0.15) is 5.56 Å². The fourth-order valence-electron chi connectivity index (χ4n) is 2.29. The number of benzene rings is 2. The van der Waals surface area contributed by atoms with Crippen LogP contribution in [0.25, 0.3) is 6.08 Å². The Hall–Kier alpha value is -3.42. The number of anilines is 1. The zero-order valence-corrected chi connectivity index (χ0v) is 15.4. The SMILES string of the molecule is COc1cc(/C=C/C(=O)N(C)CC(=O)Nc2ccccc2)ccc1OC(F)F. The van der Waals surface area contributed by atoms with Gasteiger partial charge in [0.25, 0.3) is 0 Å². The molecule has 0 aromatic heterocycles. The van der Waals surface area contributed by atoms with E-state index in [0.717, 1.165) is 0 Å². The Morgan fingerprint density at radius 3 is 2.50 bits per heavy atom. The topological polar surface area (TPSA) is 67.9 Å². The lowest BCUT2D eigenvalue weighted by molar-refractivity contribution is -0.129. The highest BCUT2D eigenvalue weighted by atomic mass is 19.3. The summed E-state index contributed by atoms with van der Waals surface area (Å²) in [6.45, 7) is -3.09. The van der Waals surface area contributed by atoms with Crippen LogP contribution in [0.15, 0.2) is 54.6 Å². The molecule has 0 atom stereocenters. The molecule has 0 bridgehead atoms. The molecule has 0 radical (unpaired) electrons. The minimum absolute atomic E-state index is 0.101. The summed E-state index contributed by atoms with van der Waals surface area (Å²) in [6, 6.07) is 13.2. The molecular weight excluding hydrogens is 370 g/mol. The molecule has 0 aliphatic heterocycles. The van der Waals surface area contributed by atoms with Gasteiger partial charge in [0, 0.05) is 18.8 Å². The van der Waals surface area contributed by atoms with Crippen LogP contribution in [0.5, 0.6) is 11.5 Å². The summed E-state index contributed by atoms with van der Waals surface area (Å²) in [7, 11) is 2.82. The molecule has 0 spiro atoms. The third-order valence-electron chi connectivity index (χ3n) is 3.64. The number of hydrogen-bond acceptors (Lipinski definition) is 4. The second-order valence-corrected chi connectivity index (χ2v) is 5.73. The number of methoxy groups -OCH3 is 1. The van der Waals surface area contributed by atoms with Gasteiger partial charge in [-0.05, 0) is 35.9 Å². The van der Waals surface area contributed by atoms with E-state index in [4.69, 9.17) is 4.74 Å². The van der Waals surface area contributed by atoms with Gasteiger partial charge in [-0.1, -0.05) is 24.3 Å². The molecule has 0 heterocycles. The molecule has 2 rings (SSSR count). The largest absolute Gasteiger partial charge is 0.493 e. The molecule has 0 unspecified atom stereocenters. The van der Waals surface area contributed by atoms with Gasteiger partial charge in [0.1, 0.15) is 0 Å². The van der Waals surface area contributed by atoms with Crippen molar-refractivity contribution < 1.29 is 27.8 Å². The molecular formula is C20H20F2N2O4. The van der Waals surface area contributed by atoms with Crippen molar-refractivity contribution in [2.75, 3.05) is 26.0 Å². The second-order valence-electron chi connectivity index (χ2n) is 5.73. The van der Waals surface area contributed by atoms with Crippen molar-refractivity contribution in [2.24, 2.45) is 0 Å². The van der Waals surface area contributed by atoms with Crippen LogP contribution >= 0.6 is 0 Å². The molecule has 0 saturated heterocycles. The van der Waals surface area contributed by atoms with E-state index in [1.54, 1.807) is 24.3 Å². The Kier molecular flexibility index (Phi) is 7.50. The quantitative estimate of drug-likeness (QED) is 0.702. The lowest BCUT2D eigenvalue weighted by Crippen LogP contribution is -2.33. The second kappa shape index (κ2) is 10.1. The first-order valence-electron chi connectivity index (χ1n) is 8.30. The Morgan fingerprint density at radius 1 is 1.14 bits per heavy atom. The first-order valence-corrected chi connectivity index (χ1v) is 8.30. The van der Waals surface area contributed by atoms with Crippen LogP contribution in [0.2, 0.25) is 0 Å². The van der Waals surface area contributed by atoms with E-state index in [2.05, 4.69) is 10.1 Å². The highest BCUT2D eigenvalue weighted by molar-refractivity contribution is 5.97. The van der Waals surface area contributed by atoms with Crippen LogP contribution in [0.3, 0.4) is 0 Å². The lowest BCUT2D eigenvalue weighted by atomic mass is 10.2. The molecule has 1 N–H and O–H groups in total. The van der Waals surface area contributed by atoms with Crippen LogP contribution in [-0.4, -0.2) is 44.0 Å². The van der Waals surface area contributed by atoms with E-state index in [1.165, 1.54) is 49.4 Å². The zero-order chi connectivity index (χ0) is 20.5. The van der Waals surface area contributed by atoms with Crippen molar-refractivity contribution in [1.29, 1.82) is 0 Å². The number of amides is 2. The maximum absolute atomic E-state index is 12.3. The number of likely N-dealkylation sites (N-methyl/N-ethyl adjacent to an activating group) is 1. The summed E-state index contributed by atoms with van der Waals surface area (Å²) < 4.78 is 34.1. The molecule has 148 valence electrons. The van der Waals surface area contributed by atoms with Gasteiger partial charge in [-0.2, -0.15) is 8.78 Å². The third kappa shape index (κ3) is 6.39. The van der Waals surface area contributed by atoms with E-state index in [0.29, 0.717) is 11.3 Å². The molecule has 28 heavy (non-hydrogen) atoms. The fraction of sp³-hybridized carbons (Fsp3) is 0.200. The van der Waals surface area contributed by atoms with E-state index in [-0.39, 0.29) is 24.0 Å². The van der Waals surface area contributed by atoms with E-state index >= 15 is 0 Å². The van der Waals surface area contributed by atoms with Crippen LogP contribution in [0.4, 0.5) is 14.5 Å². The number of hydrogen-bond donors (Lipinski definition) is 1. The van der Waals surface area contributed by atoms with Gasteiger partial charge in [0.15, 0.2) is 11.5 Å². The van der Waals surface area contributed by atoms with Crippen molar-refractivity contribution in [3.8, 4) is 11.5 Å². The number of para-hydroxylation sites is 1. The predicted molar refractivity (Wildman–Crippen MR) is 101 cm³/mol. The number of ether oxygens (including phenoxy) is 2. The third-order valence-corrected chi connectivity index (χ3v) is 3.64. The molecule has 0 fully saturated rings. The highest BCUT2D eigenvalue weighted by Gasteiger charge is 2.12. The average Bonchev–Trinajstić information content (AvgIpc) is 2.67. The summed E-state index contributed by atoms with van der Waals surface area (Å²) >= 11 is 0. The van der Waals surface area contributed by atoms with Gasteiger partial charge in [-0.15, -0.1) is 0 Å². The Labute approximate surface area is 161 Å². The number of halogens is 2. The summed E-state index contributed by atoms with van der Waals surface area (Å²) in [5.74, 6) is -0.707. The van der Waals surface area contributed by atoms with Gasteiger partial charge in [0.05, 0.1) is 13.7 Å². The van der Waals surface area contributed by atoms with Crippen LogP contribution in [0, 0.1) is 0 Å². The number of rotatable bonds is 8. The molecule has 6 nitrogen and oxygen atoms in total. The smallest absolute Gasteiger partial charge is 0.387 e. The summed E-state index contributed by atoms with van der Waals surface area (Å²) in [4.78, 5) is 25.4. The molecule has 2 aromatic carbocycles. The van der Waals surface area contributed by atoms with E-state index < -0.39 is 12.5 Å². The zero-order valence-electron chi connectivity index (χ0n) is 15.4. The molecule has 0 saturated carbocycles. The maximum Gasteiger partial charge on any atom is 0.387 e. The summed E-state index contributed by atoms with van der Waals surface area (Å²) in [5.41, 5.74) is 1.19. The molecule has 0 aliphatic carbocycles. The van der Waals surface area contributed by atoms with Gasteiger partial charge >= 0.3 is 6.61 Å². The van der Waals surface area contributed by atoms with Gasteiger partial charge in [0.2, 0.25) is 11.8 Å². The van der Waals surface area contributed by atoms with Crippen molar-refractivity contribution in [1.82, 2.24) is 4.90 Å². The molecule has 0 aliphatic rings. The Balaban J connectivity index is 1.95. The van der Waals surface area contributed by atoms with Crippen LogP contribution < -0.4 is 14.8 Å². The van der Waals surface area contributed by atoms with E-state index in [9.17, 15) is 18.4 Å². The predicted octanol–water partition coefficient (Wildman–Crippen LogP) is 3.41. The number of nitrogens with zero attached hydrogens (tertiary/aromatic N) is 1.